The smallest absolute Gasteiger partial charge is 0.260 e. The maximum absolute atomic E-state index is 13.8. The second-order valence-corrected chi connectivity index (χ2v) is 5.81. The largest absolute Gasteiger partial charge is 0.320 e. The van der Waals surface area contributed by atoms with Crippen LogP contribution in [0, 0.1) is 5.82 Å². The number of aromatic nitrogens is 1. The van der Waals surface area contributed by atoms with Crippen LogP contribution in [0.25, 0.3) is 10.9 Å². The van der Waals surface area contributed by atoms with Crippen molar-refractivity contribution in [2.45, 2.75) is 0 Å². The van der Waals surface area contributed by atoms with Gasteiger partial charge in [0.25, 0.3) is 5.91 Å². The van der Waals surface area contributed by atoms with Crippen molar-refractivity contribution in [3.05, 3.63) is 69.5 Å². The third kappa shape index (κ3) is 2.69. The number of benzene rings is 2. The minimum atomic E-state index is -0.667. The van der Waals surface area contributed by atoms with Crippen molar-refractivity contribution < 1.29 is 9.18 Å². The highest BCUT2D eigenvalue weighted by Crippen LogP contribution is 2.29. The Bertz CT molecular complexity index is 865. The fourth-order valence-corrected chi connectivity index (χ4v) is 2.84. The van der Waals surface area contributed by atoms with Gasteiger partial charge in [-0.25, -0.2) is 4.39 Å². The first-order valence-corrected chi connectivity index (χ1v) is 7.53. The molecule has 0 spiro atoms. The van der Waals surface area contributed by atoms with Crippen LogP contribution < -0.4 is 5.32 Å². The molecule has 0 unspecified atom stereocenters. The molecule has 3 aromatic rings. The van der Waals surface area contributed by atoms with Crippen molar-refractivity contribution in [2.24, 2.45) is 0 Å². The lowest BCUT2D eigenvalue weighted by Gasteiger charge is -2.10. The average molecular weight is 380 g/mol. The number of carbonyl (C=O) groups excluding carboxylic acids is 1. The van der Waals surface area contributed by atoms with Crippen LogP contribution in [0.1, 0.15) is 10.4 Å². The molecule has 110 valence electrons. The summed E-state index contributed by atoms with van der Waals surface area (Å²) in [6.07, 6.45) is 1.63. The number of anilines is 1. The zero-order chi connectivity index (χ0) is 15.7. The van der Waals surface area contributed by atoms with E-state index in [2.05, 4.69) is 26.2 Å². The minimum absolute atomic E-state index is 0.0619. The van der Waals surface area contributed by atoms with Gasteiger partial charge in [0, 0.05) is 16.1 Å². The molecule has 0 aliphatic rings. The summed E-state index contributed by atoms with van der Waals surface area (Å²) in [7, 11) is 0. The molecular weight excluding hydrogens is 371 g/mol. The maximum Gasteiger partial charge on any atom is 0.260 e. The van der Waals surface area contributed by atoms with E-state index in [-0.39, 0.29) is 10.6 Å². The summed E-state index contributed by atoms with van der Waals surface area (Å²) in [5.41, 5.74) is 0.914. The molecule has 22 heavy (non-hydrogen) atoms. The number of carbonyl (C=O) groups is 1. The van der Waals surface area contributed by atoms with Crippen LogP contribution in [-0.2, 0) is 0 Å². The predicted molar refractivity (Wildman–Crippen MR) is 88.8 cm³/mol. The Morgan fingerprint density at radius 3 is 2.77 bits per heavy atom. The van der Waals surface area contributed by atoms with Gasteiger partial charge in [-0.3, -0.25) is 9.78 Å². The van der Waals surface area contributed by atoms with Gasteiger partial charge in [-0.15, -0.1) is 0 Å². The molecule has 0 saturated heterocycles. The Hall–Kier alpha value is -1.98. The first-order valence-electron chi connectivity index (χ1n) is 6.36. The monoisotopic (exact) mass is 378 g/mol. The van der Waals surface area contributed by atoms with E-state index in [1.165, 1.54) is 18.2 Å². The van der Waals surface area contributed by atoms with Crippen LogP contribution in [0.5, 0.6) is 0 Å². The van der Waals surface area contributed by atoms with Crippen LogP contribution in [0.15, 0.2) is 53.1 Å². The molecule has 1 aromatic heterocycles. The number of amides is 1. The summed E-state index contributed by atoms with van der Waals surface area (Å²) in [5, 5.41) is 3.57. The summed E-state index contributed by atoms with van der Waals surface area (Å²) < 4.78 is 14.7. The van der Waals surface area contributed by atoms with Gasteiger partial charge in [0.05, 0.1) is 21.8 Å². The van der Waals surface area contributed by atoms with Gasteiger partial charge < -0.3 is 5.32 Å². The van der Waals surface area contributed by atoms with Crippen LogP contribution in [-0.4, -0.2) is 10.9 Å². The van der Waals surface area contributed by atoms with Crippen LogP contribution in [0.2, 0.25) is 5.02 Å². The topological polar surface area (TPSA) is 42.0 Å². The Labute approximate surface area is 139 Å². The summed E-state index contributed by atoms with van der Waals surface area (Å²) in [4.78, 5) is 16.6. The predicted octanol–water partition coefficient (Wildman–Crippen LogP) is 5.04. The molecule has 0 aliphatic heterocycles. The van der Waals surface area contributed by atoms with Gasteiger partial charge in [-0.2, -0.15) is 0 Å². The van der Waals surface area contributed by atoms with E-state index in [0.29, 0.717) is 11.2 Å². The fourth-order valence-electron chi connectivity index (χ4n) is 2.14. The molecule has 0 bridgehead atoms. The molecule has 0 radical (unpaired) electrons. The SMILES string of the molecule is O=C(Nc1ccc(Br)c2cccnc12)c1c(F)cccc1Cl. The van der Waals surface area contributed by atoms with Crippen molar-refractivity contribution in [1.29, 1.82) is 0 Å². The lowest BCUT2D eigenvalue weighted by Crippen LogP contribution is -2.15. The van der Waals surface area contributed by atoms with Gasteiger partial charge in [0.2, 0.25) is 0 Å². The van der Waals surface area contributed by atoms with Gasteiger partial charge in [-0.05, 0) is 30.3 Å². The zero-order valence-electron chi connectivity index (χ0n) is 11.1. The van der Waals surface area contributed by atoms with Crippen molar-refractivity contribution in [2.75, 3.05) is 5.32 Å². The molecule has 1 N–H and O–H groups in total. The number of nitrogens with one attached hydrogen (secondary N) is 1. The van der Waals surface area contributed by atoms with Crippen LogP contribution in [0.4, 0.5) is 10.1 Å². The molecular formula is C16H9BrClFN2O. The molecule has 2 aromatic carbocycles. The number of pyridine rings is 1. The van der Waals surface area contributed by atoms with Gasteiger partial charge in [-0.1, -0.05) is 39.7 Å². The van der Waals surface area contributed by atoms with E-state index in [4.69, 9.17) is 11.6 Å². The van der Waals surface area contributed by atoms with E-state index < -0.39 is 11.7 Å². The maximum atomic E-state index is 13.8. The van der Waals surface area contributed by atoms with Crippen molar-refractivity contribution >= 4 is 50.0 Å². The first kappa shape index (κ1) is 14.9. The lowest BCUT2D eigenvalue weighted by molar-refractivity contribution is 0.102. The van der Waals surface area contributed by atoms with Crippen molar-refractivity contribution in [3.8, 4) is 0 Å². The second-order valence-electron chi connectivity index (χ2n) is 4.55. The molecule has 0 saturated carbocycles. The molecule has 0 atom stereocenters. The second kappa shape index (κ2) is 6.02. The standard InChI is InChI=1S/C16H9BrClFN2O/c17-10-6-7-13(15-9(10)3-2-8-20-15)21-16(22)14-11(18)4-1-5-12(14)19/h1-8H,(H,21,22). The normalized spacial score (nSPS) is 10.7. The van der Waals surface area contributed by atoms with E-state index in [1.54, 1.807) is 24.4 Å². The van der Waals surface area contributed by atoms with Gasteiger partial charge in [0.15, 0.2) is 0 Å². The summed E-state index contributed by atoms with van der Waals surface area (Å²) in [5.74, 6) is -1.28. The van der Waals surface area contributed by atoms with Gasteiger partial charge in [0.1, 0.15) is 5.82 Å². The highest BCUT2D eigenvalue weighted by Gasteiger charge is 2.17. The Kier molecular flexibility index (Phi) is 4.09. The molecule has 0 aliphatic carbocycles. The quantitative estimate of drug-likeness (QED) is 0.677. The zero-order valence-corrected chi connectivity index (χ0v) is 13.5. The number of rotatable bonds is 2. The molecule has 6 heteroatoms. The van der Waals surface area contributed by atoms with Crippen LogP contribution >= 0.6 is 27.5 Å². The van der Waals surface area contributed by atoms with E-state index in [0.717, 1.165) is 9.86 Å². The summed E-state index contributed by atoms with van der Waals surface area (Å²) >= 11 is 9.34. The highest BCUT2D eigenvalue weighted by atomic mass is 79.9. The van der Waals surface area contributed by atoms with E-state index in [9.17, 15) is 9.18 Å². The summed E-state index contributed by atoms with van der Waals surface area (Å²) in [6.45, 7) is 0. The first-order chi connectivity index (χ1) is 10.6. The number of nitrogens with zero attached hydrogens (tertiary/aromatic N) is 1. The number of halogens is 3. The molecule has 0 fully saturated rings. The lowest BCUT2D eigenvalue weighted by atomic mass is 10.1. The number of hydrogen-bond acceptors (Lipinski definition) is 2. The third-order valence-corrected chi connectivity index (χ3v) is 4.16. The Morgan fingerprint density at radius 1 is 1.18 bits per heavy atom. The van der Waals surface area contributed by atoms with Gasteiger partial charge >= 0.3 is 0 Å². The molecule has 1 amide bonds. The van der Waals surface area contributed by atoms with Crippen molar-refractivity contribution in [1.82, 2.24) is 4.98 Å². The minimum Gasteiger partial charge on any atom is -0.320 e. The van der Waals surface area contributed by atoms with E-state index in [1.807, 2.05) is 6.07 Å². The molecule has 3 rings (SSSR count). The average Bonchev–Trinajstić information content (AvgIpc) is 2.50. The number of fused-ring (bicyclic) bond motifs is 1. The Balaban J connectivity index is 2.04. The van der Waals surface area contributed by atoms with Crippen molar-refractivity contribution in [3.63, 3.8) is 0 Å². The van der Waals surface area contributed by atoms with E-state index >= 15 is 0 Å². The third-order valence-electron chi connectivity index (χ3n) is 3.15. The molecule has 3 nitrogen and oxygen atoms in total. The number of hydrogen-bond donors (Lipinski definition) is 1. The van der Waals surface area contributed by atoms with Crippen LogP contribution in [0.3, 0.4) is 0 Å². The highest BCUT2D eigenvalue weighted by molar-refractivity contribution is 9.10. The Morgan fingerprint density at radius 2 is 2.00 bits per heavy atom. The summed E-state index contributed by atoms with van der Waals surface area (Å²) in [6, 6.07) is 11.3. The fraction of sp³-hybridized carbons (Fsp3) is 0. The molecule has 1 heterocycles.